The summed E-state index contributed by atoms with van der Waals surface area (Å²) in [5.74, 6) is 0.0127. The molecule has 0 fully saturated rings. The third-order valence-electron chi connectivity index (χ3n) is 3.02. The smallest absolute Gasteiger partial charge is 0.168 e. The van der Waals surface area contributed by atoms with Crippen LogP contribution in [0, 0.1) is 5.92 Å². The van der Waals surface area contributed by atoms with E-state index in [1.807, 2.05) is 6.92 Å². The molecule has 0 aromatic heterocycles. The van der Waals surface area contributed by atoms with Gasteiger partial charge in [0.05, 0.1) is 15.6 Å². The molecule has 0 aliphatic carbocycles. The summed E-state index contributed by atoms with van der Waals surface area (Å²) in [5.41, 5.74) is 0.408. The highest BCUT2D eigenvalue weighted by Crippen LogP contribution is 2.32. The van der Waals surface area contributed by atoms with Crippen molar-refractivity contribution in [3.05, 3.63) is 32.8 Å². The highest BCUT2D eigenvalue weighted by molar-refractivity contribution is 6.42. The molecule has 1 unspecified atom stereocenters. The van der Waals surface area contributed by atoms with Crippen molar-refractivity contribution in [3.63, 3.8) is 0 Å². The van der Waals surface area contributed by atoms with Gasteiger partial charge >= 0.3 is 0 Å². The van der Waals surface area contributed by atoms with Crippen LogP contribution in [0.5, 0.6) is 0 Å². The summed E-state index contributed by atoms with van der Waals surface area (Å²) >= 11 is 18.0. The molecule has 0 amide bonds. The molecule has 18 heavy (non-hydrogen) atoms. The molecule has 0 heterocycles. The molecular weight excluding hydrogens is 291 g/mol. The third kappa shape index (κ3) is 3.88. The first-order chi connectivity index (χ1) is 8.51. The van der Waals surface area contributed by atoms with Crippen LogP contribution in [0.15, 0.2) is 12.1 Å². The van der Waals surface area contributed by atoms with E-state index < -0.39 is 0 Å². The van der Waals surface area contributed by atoms with Crippen molar-refractivity contribution >= 4 is 40.6 Å². The summed E-state index contributed by atoms with van der Waals surface area (Å²) < 4.78 is 0. The van der Waals surface area contributed by atoms with E-state index in [4.69, 9.17) is 34.8 Å². The third-order valence-corrected chi connectivity index (χ3v) is 3.84. The summed E-state index contributed by atoms with van der Waals surface area (Å²) in [7, 11) is 0. The van der Waals surface area contributed by atoms with E-state index >= 15 is 0 Å². The molecule has 1 rings (SSSR count). The molecule has 0 aliphatic rings. The number of hydrogen-bond acceptors (Lipinski definition) is 1. The van der Waals surface area contributed by atoms with E-state index in [0.29, 0.717) is 20.6 Å². The highest BCUT2D eigenvalue weighted by Gasteiger charge is 2.23. The zero-order valence-electron chi connectivity index (χ0n) is 10.6. The number of halogens is 3. The van der Waals surface area contributed by atoms with E-state index in [9.17, 15) is 4.79 Å². The lowest BCUT2D eigenvalue weighted by molar-refractivity contribution is 0.0908. The van der Waals surface area contributed by atoms with Crippen LogP contribution in [0.2, 0.25) is 15.1 Å². The Morgan fingerprint density at radius 1 is 1.17 bits per heavy atom. The number of unbranched alkanes of at least 4 members (excludes halogenated alkanes) is 1. The van der Waals surface area contributed by atoms with Gasteiger partial charge < -0.3 is 0 Å². The van der Waals surface area contributed by atoms with Gasteiger partial charge in [0, 0.05) is 10.9 Å². The molecule has 1 aromatic carbocycles. The standard InChI is InChI=1S/C14H17Cl3O/c1-3-5-6-9(4-2)14(18)13-11(16)7-10(15)8-12(13)17/h7-9H,3-6H2,1-2H3. The van der Waals surface area contributed by atoms with E-state index in [0.717, 1.165) is 25.7 Å². The van der Waals surface area contributed by atoms with Crippen LogP contribution in [0.4, 0.5) is 0 Å². The van der Waals surface area contributed by atoms with Crippen molar-refractivity contribution in [2.75, 3.05) is 0 Å². The monoisotopic (exact) mass is 306 g/mol. The van der Waals surface area contributed by atoms with Crippen molar-refractivity contribution in [2.45, 2.75) is 39.5 Å². The quantitative estimate of drug-likeness (QED) is 0.585. The summed E-state index contributed by atoms with van der Waals surface area (Å²) in [6, 6.07) is 3.13. The topological polar surface area (TPSA) is 17.1 Å². The summed E-state index contributed by atoms with van der Waals surface area (Å²) in [6.45, 7) is 4.12. The minimum absolute atomic E-state index is 0.0128. The molecule has 0 aliphatic heterocycles. The second-order valence-corrected chi connectivity index (χ2v) is 5.61. The fourth-order valence-electron chi connectivity index (χ4n) is 1.95. The van der Waals surface area contributed by atoms with Gasteiger partial charge in [-0.25, -0.2) is 0 Å². The zero-order valence-corrected chi connectivity index (χ0v) is 12.9. The molecule has 0 saturated heterocycles. The van der Waals surface area contributed by atoms with Gasteiger partial charge in [-0.2, -0.15) is 0 Å². The number of carbonyl (C=O) groups is 1. The SMILES string of the molecule is CCCCC(CC)C(=O)c1c(Cl)cc(Cl)cc1Cl. The van der Waals surface area contributed by atoms with Gasteiger partial charge in [-0.1, -0.05) is 61.5 Å². The zero-order chi connectivity index (χ0) is 13.7. The van der Waals surface area contributed by atoms with Crippen molar-refractivity contribution in [1.29, 1.82) is 0 Å². The minimum atomic E-state index is -0.0128. The van der Waals surface area contributed by atoms with Crippen LogP contribution in [-0.2, 0) is 0 Å². The van der Waals surface area contributed by atoms with E-state index in [1.54, 1.807) is 12.1 Å². The number of hydrogen-bond donors (Lipinski definition) is 0. The number of ketones is 1. The lowest BCUT2D eigenvalue weighted by atomic mass is 9.90. The van der Waals surface area contributed by atoms with Crippen LogP contribution >= 0.6 is 34.8 Å². The Hall–Kier alpha value is -0.240. The molecule has 1 aromatic rings. The van der Waals surface area contributed by atoms with Gasteiger partial charge in [0.1, 0.15) is 0 Å². The second-order valence-electron chi connectivity index (χ2n) is 4.36. The van der Waals surface area contributed by atoms with E-state index in [-0.39, 0.29) is 11.7 Å². The fraction of sp³-hybridized carbons (Fsp3) is 0.500. The van der Waals surface area contributed by atoms with Crippen LogP contribution in [0.1, 0.15) is 49.9 Å². The summed E-state index contributed by atoms with van der Waals surface area (Å²) in [5, 5.41) is 1.13. The molecule has 0 N–H and O–H groups in total. The molecular formula is C14H17Cl3O. The maximum absolute atomic E-state index is 12.4. The van der Waals surface area contributed by atoms with E-state index in [1.165, 1.54) is 0 Å². The molecule has 1 nitrogen and oxygen atoms in total. The Morgan fingerprint density at radius 3 is 2.17 bits per heavy atom. The largest absolute Gasteiger partial charge is 0.294 e. The normalized spacial score (nSPS) is 12.5. The maximum Gasteiger partial charge on any atom is 0.168 e. The second kappa shape index (κ2) is 7.37. The van der Waals surface area contributed by atoms with Gasteiger partial charge in [-0.05, 0) is 25.0 Å². The Morgan fingerprint density at radius 2 is 1.72 bits per heavy atom. The Kier molecular flexibility index (Phi) is 6.48. The number of carbonyl (C=O) groups excluding carboxylic acids is 1. The lowest BCUT2D eigenvalue weighted by Crippen LogP contribution is -2.15. The highest BCUT2D eigenvalue weighted by atomic mass is 35.5. The van der Waals surface area contributed by atoms with Gasteiger partial charge in [-0.3, -0.25) is 4.79 Å². The van der Waals surface area contributed by atoms with Crippen molar-refractivity contribution in [3.8, 4) is 0 Å². The molecule has 0 bridgehead atoms. The predicted molar refractivity (Wildman–Crippen MR) is 79.1 cm³/mol. The van der Waals surface area contributed by atoms with Crippen LogP contribution < -0.4 is 0 Å². The summed E-state index contributed by atoms with van der Waals surface area (Å²) in [6.07, 6.45) is 3.79. The number of rotatable bonds is 6. The average molecular weight is 308 g/mol. The molecule has 4 heteroatoms. The molecule has 0 radical (unpaired) electrons. The van der Waals surface area contributed by atoms with Gasteiger partial charge in [-0.15, -0.1) is 0 Å². The van der Waals surface area contributed by atoms with Crippen molar-refractivity contribution in [1.82, 2.24) is 0 Å². The number of benzene rings is 1. The molecule has 0 spiro atoms. The van der Waals surface area contributed by atoms with Crippen molar-refractivity contribution < 1.29 is 4.79 Å². The first kappa shape index (κ1) is 15.8. The lowest BCUT2D eigenvalue weighted by Gasteiger charge is -2.15. The molecule has 1 atom stereocenters. The maximum atomic E-state index is 12.4. The molecule has 0 saturated carbocycles. The first-order valence-electron chi connectivity index (χ1n) is 6.20. The predicted octanol–water partition coefficient (Wildman–Crippen LogP) is 6.05. The van der Waals surface area contributed by atoms with E-state index in [2.05, 4.69) is 6.92 Å². The Labute approximate surface area is 123 Å². The van der Waals surface area contributed by atoms with Gasteiger partial charge in [0.2, 0.25) is 0 Å². The summed E-state index contributed by atoms with van der Waals surface area (Å²) in [4.78, 5) is 12.4. The van der Waals surface area contributed by atoms with Gasteiger partial charge in [0.25, 0.3) is 0 Å². The number of Topliss-reactive ketones (excluding diaryl/α,β-unsaturated/α-hetero) is 1. The van der Waals surface area contributed by atoms with Gasteiger partial charge in [0.15, 0.2) is 5.78 Å². The van der Waals surface area contributed by atoms with Crippen LogP contribution in [-0.4, -0.2) is 5.78 Å². The van der Waals surface area contributed by atoms with Crippen LogP contribution in [0.25, 0.3) is 0 Å². The fourth-order valence-corrected chi connectivity index (χ4v) is 2.96. The van der Waals surface area contributed by atoms with Crippen molar-refractivity contribution in [2.24, 2.45) is 5.92 Å². The average Bonchev–Trinajstić information content (AvgIpc) is 2.28. The Balaban J connectivity index is 3.01. The molecule has 100 valence electrons. The van der Waals surface area contributed by atoms with Crippen LogP contribution in [0.3, 0.4) is 0 Å². The Bertz CT molecular complexity index is 406. The minimum Gasteiger partial charge on any atom is -0.294 e. The first-order valence-corrected chi connectivity index (χ1v) is 7.33.